The van der Waals surface area contributed by atoms with Crippen LogP contribution >= 0.6 is 15.9 Å². The summed E-state index contributed by atoms with van der Waals surface area (Å²) in [5.41, 5.74) is 0.918. The first-order chi connectivity index (χ1) is 9.70. The zero-order chi connectivity index (χ0) is 14.4. The van der Waals surface area contributed by atoms with Gasteiger partial charge in [0.05, 0.1) is 12.2 Å². The lowest BCUT2D eigenvalue weighted by molar-refractivity contribution is -0.0718. The molecule has 4 heteroatoms. The first kappa shape index (κ1) is 15.9. The maximum Gasteiger partial charge on any atom is 0.0865 e. The number of nitrogens with zero attached hydrogens (tertiary/aromatic N) is 1. The lowest BCUT2D eigenvalue weighted by atomic mass is 9.82. The Morgan fingerprint density at radius 1 is 1.35 bits per heavy atom. The largest absolute Gasteiger partial charge is 0.390 e. The molecule has 1 fully saturated rings. The average molecular weight is 342 g/mol. The Hall–Kier alpha value is -0.450. The van der Waals surface area contributed by atoms with Gasteiger partial charge >= 0.3 is 0 Å². The van der Waals surface area contributed by atoms with Gasteiger partial charge in [0.1, 0.15) is 0 Å². The van der Waals surface area contributed by atoms with Crippen LogP contribution in [-0.2, 0) is 11.2 Å². The highest BCUT2D eigenvalue weighted by molar-refractivity contribution is 9.10. The van der Waals surface area contributed by atoms with Gasteiger partial charge in [0.15, 0.2) is 0 Å². The summed E-state index contributed by atoms with van der Waals surface area (Å²) in [6.07, 6.45) is 8.02. The van der Waals surface area contributed by atoms with Crippen LogP contribution in [0.5, 0.6) is 0 Å². The number of aliphatic hydroxyl groups excluding tert-OH is 1. The third-order valence-corrected chi connectivity index (χ3v) is 4.53. The highest BCUT2D eigenvalue weighted by Crippen LogP contribution is 2.30. The minimum atomic E-state index is -0.466. The minimum absolute atomic E-state index is 0.0502. The molecule has 0 bridgehead atoms. The lowest BCUT2D eigenvalue weighted by Crippen LogP contribution is -2.38. The Morgan fingerprint density at radius 3 is 2.70 bits per heavy atom. The van der Waals surface area contributed by atoms with Crippen molar-refractivity contribution in [1.29, 1.82) is 0 Å². The Balaban J connectivity index is 1.98. The van der Waals surface area contributed by atoms with Crippen molar-refractivity contribution in [2.75, 3.05) is 6.61 Å². The Labute approximate surface area is 129 Å². The fraction of sp³-hybridized carbons (Fsp3) is 0.688. The molecule has 1 saturated carbocycles. The van der Waals surface area contributed by atoms with Gasteiger partial charge in [0.25, 0.3) is 0 Å². The summed E-state index contributed by atoms with van der Waals surface area (Å²) in [7, 11) is 0. The van der Waals surface area contributed by atoms with Gasteiger partial charge in [-0.2, -0.15) is 0 Å². The van der Waals surface area contributed by atoms with Crippen molar-refractivity contribution < 1.29 is 9.84 Å². The number of aromatic nitrogens is 1. The molecule has 2 atom stereocenters. The number of pyridine rings is 1. The van der Waals surface area contributed by atoms with Gasteiger partial charge in [-0.3, -0.25) is 4.98 Å². The normalized spacial score (nSPS) is 19.8. The van der Waals surface area contributed by atoms with Crippen LogP contribution in [0.3, 0.4) is 0 Å². The lowest BCUT2D eigenvalue weighted by Gasteiger charge is -2.33. The van der Waals surface area contributed by atoms with E-state index in [0.717, 1.165) is 10.2 Å². The van der Waals surface area contributed by atoms with Crippen molar-refractivity contribution in [3.63, 3.8) is 0 Å². The molecule has 0 spiro atoms. The predicted molar refractivity (Wildman–Crippen MR) is 83.6 cm³/mol. The number of hydrogen-bond acceptors (Lipinski definition) is 3. The molecule has 1 heterocycles. The van der Waals surface area contributed by atoms with Gasteiger partial charge in [-0.05, 0) is 53.7 Å². The maximum absolute atomic E-state index is 10.5. The standard InChI is InChI=1S/C16H24BrNO2/c1-2-20-16(12-6-4-3-5-7-12)15(19)10-14-9-8-13(17)11-18-14/h8-9,11-12,15-16,19H,2-7,10H2,1H3. The molecule has 1 aliphatic carbocycles. The molecule has 0 aliphatic heterocycles. The number of hydrogen-bond donors (Lipinski definition) is 1. The van der Waals surface area contributed by atoms with Crippen LogP contribution < -0.4 is 0 Å². The maximum atomic E-state index is 10.5. The van der Waals surface area contributed by atoms with E-state index in [9.17, 15) is 5.11 Å². The molecule has 0 aromatic carbocycles. The second-order valence-electron chi connectivity index (χ2n) is 5.56. The molecular weight excluding hydrogens is 318 g/mol. The first-order valence-electron chi connectivity index (χ1n) is 7.60. The predicted octanol–water partition coefficient (Wildman–Crippen LogP) is 3.73. The second-order valence-corrected chi connectivity index (χ2v) is 6.47. The van der Waals surface area contributed by atoms with Gasteiger partial charge in [-0.25, -0.2) is 0 Å². The molecule has 112 valence electrons. The van der Waals surface area contributed by atoms with Crippen LogP contribution in [0.2, 0.25) is 0 Å². The van der Waals surface area contributed by atoms with E-state index in [1.165, 1.54) is 32.1 Å². The van der Waals surface area contributed by atoms with Gasteiger partial charge in [0.2, 0.25) is 0 Å². The molecule has 0 radical (unpaired) electrons. The van der Waals surface area contributed by atoms with Crippen LogP contribution in [0, 0.1) is 5.92 Å². The number of ether oxygens (including phenoxy) is 1. The van der Waals surface area contributed by atoms with Gasteiger partial charge < -0.3 is 9.84 Å². The molecule has 0 saturated heterocycles. The second kappa shape index (κ2) is 8.11. The average Bonchev–Trinajstić information content (AvgIpc) is 2.48. The summed E-state index contributed by atoms with van der Waals surface area (Å²) < 4.78 is 6.81. The van der Waals surface area contributed by atoms with Crippen molar-refractivity contribution in [2.45, 2.75) is 57.7 Å². The summed E-state index contributed by atoms with van der Waals surface area (Å²) in [6, 6.07) is 3.92. The zero-order valence-corrected chi connectivity index (χ0v) is 13.7. The zero-order valence-electron chi connectivity index (χ0n) is 12.1. The monoisotopic (exact) mass is 341 g/mol. The highest BCUT2D eigenvalue weighted by atomic mass is 79.9. The molecule has 1 aromatic rings. The van der Waals surface area contributed by atoms with Crippen molar-refractivity contribution in [1.82, 2.24) is 4.98 Å². The van der Waals surface area contributed by atoms with E-state index in [1.807, 2.05) is 19.1 Å². The van der Waals surface area contributed by atoms with E-state index in [2.05, 4.69) is 20.9 Å². The Kier molecular flexibility index (Phi) is 6.46. The summed E-state index contributed by atoms with van der Waals surface area (Å²) in [5, 5.41) is 10.5. The third kappa shape index (κ3) is 4.54. The molecule has 2 rings (SSSR count). The highest BCUT2D eigenvalue weighted by Gasteiger charge is 2.30. The quantitative estimate of drug-likeness (QED) is 0.857. The fourth-order valence-corrected chi connectivity index (χ4v) is 3.31. The summed E-state index contributed by atoms with van der Waals surface area (Å²) in [6.45, 7) is 2.66. The van der Waals surface area contributed by atoms with E-state index in [-0.39, 0.29) is 6.10 Å². The first-order valence-corrected chi connectivity index (χ1v) is 8.40. The van der Waals surface area contributed by atoms with Crippen LogP contribution in [0.1, 0.15) is 44.7 Å². The molecule has 20 heavy (non-hydrogen) atoms. The molecule has 1 aliphatic rings. The van der Waals surface area contributed by atoms with E-state index in [4.69, 9.17) is 4.74 Å². The summed E-state index contributed by atoms with van der Waals surface area (Å²) >= 11 is 3.38. The van der Waals surface area contributed by atoms with E-state index in [1.54, 1.807) is 6.20 Å². The molecular formula is C16H24BrNO2. The summed E-state index contributed by atoms with van der Waals surface area (Å²) in [5.74, 6) is 0.495. The van der Waals surface area contributed by atoms with Crippen LogP contribution in [0.4, 0.5) is 0 Å². The summed E-state index contributed by atoms with van der Waals surface area (Å²) in [4.78, 5) is 4.34. The number of aliphatic hydroxyl groups is 1. The molecule has 2 unspecified atom stereocenters. The van der Waals surface area contributed by atoms with Crippen molar-refractivity contribution in [2.24, 2.45) is 5.92 Å². The third-order valence-electron chi connectivity index (χ3n) is 4.06. The Morgan fingerprint density at radius 2 is 2.10 bits per heavy atom. The van der Waals surface area contributed by atoms with E-state index < -0.39 is 6.10 Å². The van der Waals surface area contributed by atoms with E-state index >= 15 is 0 Å². The van der Waals surface area contributed by atoms with Crippen molar-refractivity contribution in [3.8, 4) is 0 Å². The van der Waals surface area contributed by atoms with Gasteiger partial charge in [-0.1, -0.05) is 19.3 Å². The number of rotatable bonds is 6. The molecule has 1 N–H and O–H groups in total. The van der Waals surface area contributed by atoms with Crippen LogP contribution in [-0.4, -0.2) is 28.9 Å². The fourth-order valence-electron chi connectivity index (χ4n) is 3.07. The SMILES string of the molecule is CCOC(C(O)Cc1ccc(Br)cn1)C1CCCCC1. The minimum Gasteiger partial charge on any atom is -0.390 e. The van der Waals surface area contributed by atoms with Gasteiger partial charge in [0, 0.05) is 29.4 Å². The van der Waals surface area contributed by atoms with Crippen molar-refractivity contribution in [3.05, 3.63) is 28.5 Å². The molecule has 3 nitrogen and oxygen atoms in total. The molecule has 1 aromatic heterocycles. The number of halogens is 1. The van der Waals surface area contributed by atoms with E-state index in [0.29, 0.717) is 18.9 Å². The van der Waals surface area contributed by atoms with Gasteiger partial charge in [-0.15, -0.1) is 0 Å². The Bertz CT molecular complexity index is 390. The topological polar surface area (TPSA) is 42.4 Å². The van der Waals surface area contributed by atoms with Crippen molar-refractivity contribution >= 4 is 15.9 Å². The molecule has 0 amide bonds. The van der Waals surface area contributed by atoms with Crippen LogP contribution in [0.15, 0.2) is 22.8 Å². The van der Waals surface area contributed by atoms with Crippen LogP contribution in [0.25, 0.3) is 0 Å². The smallest absolute Gasteiger partial charge is 0.0865 e.